The summed E-state index contributed by atoms with van der Waals surface area (Å²) in [5.41, 5.74) is 0. The molecule has 0 bridgehead atoms. The Bertz CT molecular complexity index is 432. The quantitative estimate of drug-likeness (QED) is 0.459. The first kappa shape index (κ1) is 38.1. The molecule has 0 rings (SSSR count). The Kier molecular flexibility index (Phi) is 32.3. The lowest BCUT2D eigenvalue weighted by molar-refractivity contribution is -0.106. The lowest BCUT2D eigenvalue weighted by atomic mass is 10.6. The second-order valence-electron chi connectivity index (χ2n) is 3.31. The molecule has 11 heteroatoms. The number of carbonyl (C=O) groups is 1. The number of sulfonamides is 2. The lowest BCUT2D eigenvalue weighted by Gasteiger charge is -2.12. The van der Waals surface area contributed by atoms with Crippen LogP contribution in [-0.2, 0) is 34.3 Å². The number of ether oxygens (including phenoxy) is 2. The Labute approximate surface area is 143 Å². The van der Waals surface area contributed by atoms with Gasteiger partial charge in [0.05, 0.1) is 25.6 Å². The summed E-state index contributed by atoms with van der Waals surface area (Å²) in [6, 6.07) is 0. The van der Waals surface area contributed by atoms with Crippen LogP contribution in [-0.4, -0.2) is 69.2 Å². The molecule has 0 radical (unpaired) electrons. The van der Waals surface area contributed by atoms with E-state index in [0.717, 1.165) is 12.5 Å². The van der Waals surface area contributed by atoms with Crippen molar-refractivity contribution >= 4 is 26.3 Å². The highest BCUT2D eigenvalue weighted by molar-refractivity contribution is 7.89. The van der Waals surface area contributed by atoms with E-state index < -0.39 is 26.3 Å². The van der Waals surface area contributed by atoms with E-state index in [1.807, 2.05) is 4.72 Å². The molecule has 0 heterocycles. The summed E-state index contributed by atoms with van der Waals surface area (Å²) in [4.78, 5) is 9.52. The van der Waals surface area contributed by atoms with E-state index in [9.17, 15) is 21.6 Å². The number of nitrogens with one attached hydrogen (secondary N) is 2. The lowest BCUT2D eigenvalue weighted by Crippen LogP contribution is -2.33. The van der Waals surface area contributed by atoms with E-state index in [0.29, 0.717) is 6.29 Å². The second kappa shape index (κ2) is 19.5. The van der Waals surface area contributed by atoms with Gasteiger partial charge in [-0.1, -0.05) is 29.7 Å². The molecule has 0 spiro atoms. The van der Waals surface area contributed by atoms with Crippen LogP contribution in [0.15, 0.2) is 0 Å². The van der Waals surface area contributed by atoms with Crippen LogP contribution in [0, 0.1) is 0 Å². The fourth-order valence-electron chi connectivity index (χ4n) is 0.668. The molecule has 23 heavy (non-hydrogen) atoms. The van der Waals surface area contributed by atoms with E-state index in [-0.39, 0.29) is 42.8 Å². The first-order valence-electron chi connectivity index (χ1n) is 4.94. The van der Waals surface area contributed by atoms with E-state index in [2.05, 4.69) is 4.72 Å². The minimum Gasteiger partial charge on any atom is -0.355 e. The molecule has 2 N–H and O–H groups in total. The van der Waals surface area contributed by atoms with Gasteiger partial charge in [0, 0.05) is 14.2 Å². The third-order valence-corrected chi connectivity index (χ3v) is 2.85. The normalized spacial score (nSPS) is 9.78. The minimum absolute atomic E-state index is 0. The van der Waals surface area contributed by atoms with Gasteiger partial charge in [-0.05, 0) is 0 Å². The van der Waals surface area contributed by atoms with Crippen LogP contribution in [0.25, 0.3) is 0 Å². The highest BCUT2D eigenvalue weighted by Crippen LogP contribution is 1.88. The average molecular weight is 385 g/mol. The molecule has 0 aromatic heterocycles. The molecule has 0 aromatic carbocycles. The predicted molar refractivity (Wildman–Crippen MR) is 96.5 cm³/mol. The number of aldehydes is 1. The predicted octanol–water partition coefficient (Wildman–Crippen LogP) is 0.433. The maximum absolute atomic E-state index is 10.5. The van der Waals surface area contributed by atoms with Crippen molar-refractivity contribution in [3.05, 3.63) is 0 Å². The van der Waals surface area contributed by atoms with Crippen molar-refractivity contribution in [3.63, 3.8) is 0 Å². The SMILES string of the molecule is C.C.C.C.COC(CNS(C)(=O)=O)OC.CS(=O)(=O)NCC=O. The number of rotatable bonds is 8. The standard InChI is InChI=1S/C5H13NO4S.C3H7NO3S.4CH4/c1-9-5(10-2)4-6-11(3,7)8;1-8(6,7)4-2-3-5;;;;/h5-6H,4H2,1-3H3;3-4H,2H2,1H3;4*1H4. The summed E-state index contributed by atoms with van der Waals surface area (Å²) in [5, 5.41) is 0. The molecular formula is C12H36N2O7S2. The van der Waals surface area contributed by atoms with Crippen molar-refractivity contribution in [1.29, 1.82) is 0 Å². The number of hydrogen-bond donors (Lipinski definition) is 2. The van der Waals surface area contributed by atoms with Crippen molar-refractivity contribution in [2.75, 3.05) is 39.8 Å². The summed E-state index contributed by atoms with van der Waals surface area (Å²) in [6.45, 7) is -0.00926. The van der Waals surface area contributed by atoms with Crippen LogP contribution in [0.3, 0.4) is 0 Å². The van der Waals surface area contributed by atoms with Gasteiger partial charge in [-0.25, -0.2) is 26.3 Å². The molecule has 9 nitrogen and oxygen atoms in total. The summed E-state index contributed by atoms with van der Waals surface area (Å²) in [6.07, 6.45) is 2.04. The summed E-state index contributed by atoms with van der Waals surface area (Å²) in [7, 11) is -3.43. The minimum atomic E-state index is -3.17. The van der Waals surface area contributed by atoms with Crippen molar-refractivity contribution in [2.24, 2.45) is 0 Å². The maximum atomic E-state index is 10.5. The first-order chi connectivity index (χ1) is 8.55. The van der Waals surface area contributed by atoms with E-state index >= 15 is 0 Å². The van der Waals surface area contributed by atoms with Gasteiger partial charge in [0.15, 0.2) is 6.29 Å². The van der Waals surface area contributed by atoms with Crippen molar-refractivity contribution in [1.82, 2.24) is 9.44 Å². The average Bonchev–Trinajstić information content (AvgIpc) is 2.26. The van der Waals surface area contributed by atoms with Crippen molar-refractivity contribution < 1.29 is 31.1 Å². The third kappa shape index (κ3) is 38.8. The Morgan fingerprint density at radius 1 is 0.870 bits per heavy atom. The second-order valence-corrected chi connectivity index (χ2v) is 6.97. The van der Waals surface area contributed by atoms with Gasteiger partial charge >= 0.3 is 0 Å². The Balaban J connectivity index is -0.0000000552. The molecule has 0 aliphatic rings. The van der Waals surface area contributed by atoms with Gasteiger partial charge < -0.3 is 14.3 Å². The van der Waals surface area contributed by atoms with Gasteiger partial charge in [-0.2, -0.15) is 0 Å². The zero-order valence-electron chi connectivity index (χ0n) is 11.2. The molecule has 0 unspecified atom stereocenters. The molecule has 0 aliphatic heterocycles. The smallest absolute Gasteiger partial charge is 0.209 e. The fourth-order valence-corrected chi connectivity index (χ4v) is 1.48. The van der Waals surface area contributed by atoms with E-state index in [4.69, 9.17) is 9.47 Å². The third-order valence-electron chi connectivity index (χ3n) is 1.47. The van der Waals surface area contributed by atoms with Crippen LogP contribution in [0.2, 0.25) is 0 Å². The molecule has 0 saturated heterocycles. The summed E-state index contributed by atoms with van der Waals surface area (Å²) >= 11 is 0. The van der Waals surface area contributed by atoms with Crippen LogP contribution in [0.5, 0.6) is 0 Å². The number of hydrogen-bond acceptors (Lipinski definition) is 7. The largest absolute Gasteiger partial charge is 0.355 e. The van der Waals surface area contributed by atoms with Crippen LogP contribution >= 0.6 is 0 Å². The Hall–Kier alpha value is -0.590. The Morgan fingerprint density at radius 2 is 1.22 bits per heavy atom. The van der Waals surface area contributed by atoms with Crippen LogP contribution < -0.4 is 9.44 Å². The first-order valence-corrected chi connectivity index (χ1v) is 8.72. The number of carbonyl (C=O) groups excluding carboxylic acids is 1. The molecule has 0 saturated carbocycles. The highest BCUT2D eigenvalue weighted by Gasteiger charge is 2.07. The highest BCUT2D eigenvalue weighted by atomic mass is 32.2. The van der Waals surface area contributed by atoms with Gasteiger partial charge in [-0.15, -0.1) is 0 Å². The van der Waals surface area contributed by atoms with Gasteiger partial charge in [0.2, 0.25) is 20.0 Å². The topological polar surface area (TPSA) is 128 Å². The molecule has 0 atom stereocenters. The molecule has 0 aliphatic carbocycles. The molecule has 0 amide bonds. The molecule has 0 fully saturated rings. The monoisotopic (exact) mass is 384 g/mol. The summed E-state index contributed by atoms with van der Waals surface area (Å²) < 4.78 is 55.0. The van der Waals surface area contributed by atoms with Gasteiger partial charge in [0.1, 0.15) is 6.29 Å². The maximum Gasteiger partial charge on any atom is 0.209 e. The molecule has 148 valence electrons. The van der Waals surface area contributed by atoms with E-state index in [1.165, 1.54) is 14.2 Å². The summed E-state index contributed by atoms with van der Waals surface area (Å²) in [5.74, 6) is 0. The van der Waals surface area contributed by atoms with Crippen molar-refractivity contribution in [2.45, 2.75) is 36.0 Å². The van der Waals surface area contributed by atoms with Crippen LogP contribution in [0.1, 0.15) is 29.7 Å². The zero-order valence-corrected chi connectivity index (χ0v) is 12.9. The van der Waals surface area contributed by atoms with Crippen LogP contribution in [0.4, 0.5) is 0 Å². The zero-order chi connectivity index (χ0) is 15.5. The Morgan fingerprint density at radius 3 is 1.39 bits per heavy atom. The molecule has 0 aromatic rings. The van der Waals surface area contributed by atoms with Gasteiger partial charge in [0.25, 0.3) is 0 Å². The number of methoxy groups -OCH3 is 2. The van der Waals surface area contributed by atoms with Crippen molar-refractivity contribution in [3.8, 4) is 0 Å². The fraction of sp³-hybridized carbons (Fsp3) is 0.917. The molecular weight excluding hydrogens is 348 g/mol. The van der Waals surface area contributed by atoms with Gasteiger partial charge in [-0.3, -0.25) is 0 Å². The van der Waals surface area contributed by atoms with E-state index in [1.54, 1.807) is 0 Å².